The summed E-state index contributed by atoms with van der Waals surface area (Å²) < 4.78 is 12.7. The van der Waals surface area contributed by atoms with E-state index in [2.05, 4.69) is 46.8 Å². The molecule has 0 saturated carbocycles. The lowest BCUT2D eigenvalue weighted by Gasteiger charge is -2.12. The predicted octanol–water partition coefficient (Wildman–Crippen LogP) is 5.96. The van der Waals surface area contributed by atoms with Crippen LogP contribution in [0.1, 0.15) is 16.7 Å². The Morgan fingerprint density at radius 2 is 1.76 bits per heavy atom. The summed E-state index contributed by atoms with van der Waals surface area (Å²) in [5.41, 5.74) is 5.39. The van der Waals surface area contributed by atoms with Gasteiger partial charge in [0.25, 0.3) is 0 Å². The Morgan fingerprint density at radius 1 is 0.941 bits per heavy atom. The second-order valence-corrected chi connectivity index (χ2v) is 8.96. The highest BCUT2D eigenvalue weighted by molar-refractivity contribution is 7.98. The molecule has 5 aromatic rings. The van der Waals surface area contributed by atoms with E-state index in [1.807, 2.05) is 42.5 Å². The van der Waals surface area contributed by atoms with Gasteiger partial charge in [-0.1, -0.05) is 48.2 Å². The normalized spacial score (nSPS) is 11.1. The predicted molar refractivity (Wildman–Crippen MR) is 135 cm³/mol. The van der Waals surface area contributed by atoms with E-state index in [0.717, 1.165) is 33.2 Å². The van der Waals surface area contributed by atoms with E-state index in [1.165, 1.54) is 29.0 Å². The Hall–Kier alpha value is -3.84. The van der Waals surface area contributed by atoms with E-state index in [9.17, 15) is 4.79 Å². The first-order valence-corrected chi connectivity index (χ1v) is 11.8. The molecule has 34 heavy (non-hydrogen) atoms. The molecule has 0 aliphatic heterocycles. The zero-order chi connectivity index (χ0) is 23.7. The van der Waals surface area contributed by atoms with Crippen LogP contribution in [-0.2, 0) is 5.75 Å². The van der Waals surface area contributed by atoms with Crippen molar-refractivity contribution in [1.82, 2.24) is 14.8 Å². The Labute approximate surface area is 201 Å². The van der Waals surface area contributed by atoms with Gasteiger partial charge in [0.2, 0.25) is 0 Å². The molecule has 0 fully saturated rings. The van der Waals surface area contributed by atoms with Gasteiger partial charge in [-0.2, -0.15) is 0 Å². The van der Waals surface area contributed by atoms with Crippen LogP contribution in [0.5, 0.6) is 5.75 Å². The molecule has 0 bridgehead atoms. The van der Waals surface area contributed by atoms with Crippen LogP contribution in [0, 0.1) is 13.8 Å². The molecule has 2 heterocycles. The fraction of sp³-hybridized carbons (Fsp3) is 0.148. The minimum absolute atomic E-state index is 0.392. The average Bonchev–Trinajstić information content (AvgIpc) is 3.28. The topological polar surface area (TPSA) is 70.2 Å². The molecule has 7 heteroatoms. The monoisotopic (exact) mass is 469 g/mol. The number of aryl methyl sites for hydroxylation is 2. The van der Waals surface area contributed by atoms with E-state index in [4.69, 9.17) is 9.15 Å². The fourth-order valence-corrected chi connectivity index (χ4v) is 4.78. The van der Waals surface area contributed by atoms with Gasteiger partial charge in [0, 0.05) is 28.8 Å². The number of hydrogen-bond acceptors (Lipinski definition) is 6. The number of ether oxygens (including phenoxy) is 1. The summed E-state index contributed by atoms with van der Waals surface area (Å²) in [6.07, 6.45) is 0. The van der Waals surface area contributed by atoms with Gasteiger partial charge in [-0.15, -0.1) is 10.2 Å². The van der Waals surface area contributed by atoms with E-state index < -0.39 is 5.63 Å². The number of fused-ring (bicyclic) bond motifs is 1. The van der Waals surface area contributed by atoms with E-state index in [0.29, 0.717) is 17.1 Å². The summed E-state index contributed by atoms with van der Waals surface area (Å²) in [5.74, 6) is 1.95. The smallest absolute Gasteiger partial charge is 0.336 e. The molecule has 170 valence electrons. The first-order chi connectivity index (χ1) is 16.5. The highest BCUT2D eigenvalue weighted by atomic mass is 32.2. The van der Waals surface area contributed by atoms with Crippen molar-refractivity contribution in [3.63, 3.8) is 0 Å². The van der Waals surface area contributed by atoms with Crippen LogP contribution in [0.3, 0.4) is 0 Å². The fourth-order valence-electron chi connectivity index (χ4n) is 3.83. The van der Waals surface area contributed by atoms with Gasteiger partial charge in [0.05, 0.1) is 12.8 Å². The summed E-state index contributed by atoms with van der Waals surface area (Å²) in [5, 5.41) is 10.7. The lowest BCUT2D eigenvalue weighted by molar-refractivity contribution is 0.414. The second-order valence-electron chi connectivity index (χ2n) is 8.02. The largest absolute Gasteiger partial charge is 0.497 e. The number of hydrogen-bond donors (Lipinski definition) is 0. The van der Waals surface area contributed by atoms with Crippen molar-refractivity contribution in [3.8, 4) is 22.8 Å². The first kappa shape index (κ1) is 22.0. The molecule has 2 aromatic heterocycles. The van der Waals surface area contributed by atoms with Crippen molar-refractivity contribution in [2.45, 2.75) is 24.8 Å². The van der Waals surface area contributed by atoms with E-state index >= 15 is 0 Å². The highest BCUT2D eigenvalue weighted by Crippen LogP contribution is 2.32. The van der Waals surface area contributed by atoms with Gasteiger partial charge >= 0.3 is 5.63 Å². The zero-order valence-corrected chi connectivity index (χ0v) is 19.9. The molecule has 0 amide bonds. The van der Waals surface area contributed by atoms with Gasteiger partial charge in [0.1, 0.15) is 11.3 Å². The summed E-state index contributed by atoms with van der Waals surface area (Å²) in [6, 6.07) is 23.4. The Balaban J connectivity index is 1.57. The molecule has 0 aliphatic carbocycles. The van der Waals surface area contributed by atoms with Crippen LogP contribution >= 0.6 is 11.8 Å². The summed E-state index contributed by atoms with van der Waals surface area (Å²) in [6.45, 7) is 4.20. The van der Waals surface area contributed by atoms with Crippen LogP contribution in [-0.4, -0.2) is 21.9 Å². The van der Waals surface area contributed by atoms with Gasteiger partial charge in [0.15, 0.2) is 11.0 Å². The molecule has 0 spiro atoms. The van der Waals surface area contributed by atoms with Gasteiger partial charge in [-0.05, 0) is 54.8 Å². The molecule has 0 atom stereocenters. The van der Waals surface area contributed by atoms with Crippen molar-refractivity contribution in [2.75, 3.05) is 7.11 Å². The molecular weight excluding hydrogens is 446 g/mol. The van der Waals surface area contributed by atoms with Gasteiger partial charge < -0.3 is 9.15 Å². The van der Waals surface area contributed by atoms with Crippen LogP contribution in [0.2, 0.25) is 0 Å². The maximum Gasteiger partial charge on any atom is 0.336 e. The molecule has 0 N–H and O–H groups in total. The van der Waals surface area contributed by atoms with Crippen molar-refractivity contribution in [3.05, 3.63) is 99.9 Å². The molecule has 6 nitrogen and oxygen atoms in total. The number of rotatable bonds is 6. The second kappa shape index (κ2) is 9.19. The molecule has 0 saturated heterocycles. The lowest BCUT2D eigenvalue weighted by Crippen LogP contribution is -2.02. The molecule has 0 radical (unpaired) electrons. The van der Waals surface area contributed by atoms with Crippen molar-refractivity contribution in [2.24, 2.45) is 0 Å². The van der Waals surface area contributed by atoms with Crippen LogP contribution in [0.4, 0.5) is 0 Å². The number of thioether (sulfide) groups is 1. The maximum absolute atomic E-state index is 12.2. The summed E-state index contributed by atoms with van der Waals surface area (Å²) >= 11 is 1.53. The number of aromatic nitrogens is 3. The van der Waals surface area contributed by atoms with Crippen LogP contribution < -0.4 is 10.4 Å². The Bertz CT molecular complexity index is 1540. The third-order valence-electron chi connectivity index (χ3n) is 5.81. The minimum atomic E-state index is -0.392. The maximum atomic E-state index is 12.2. The third-order valence-corrected chi connectivity index (χ3v) is 6.79. The number of methoxy groups -OCH3 is 1. The quantitative estimate of drug-likeness (QED) is 0.226. The molecule has 3 aromatic carbocycles. The first-order valence-electron chi connectivity index (χ1n) is 10.9. The van der Waals surface area contributed by atoms with Crippen LogP contribution in [0.25, 0.3) is 28.0 Å². The molecule has 0 unspecified atom stereocenters. The summed E-state index contributed by atoms with van der Waals surface area (Å²) in [4.78, 5) is 12.2. The van der Waals surface area contributed by atoms with Crippen molar-refractivity contribution in [1.29, 1.82) is 0 Å². The Morgan fingerprint density at radius 3 is 2.53 bits per heavy atom. The van der Waals surface area contributed by atoms with Crippen molar-refractivity contribution >= 4 is 22.7 Å². The SMILES string of the molecule is COc1ccc2c(CSc3nnc(-c4ccccc4)n3-c3ccc(C)c(C)c3)cc(=O)oc2c1. The van der Waals surface area contributed by atoms with Gasteiger partial charge in [-0.25, -0.2) is 4.79 Å². The summed E-state index contributed by atoms with van der Waals surface area (Å²) in [7, 11) is 1.59. The lowest BCUT2D eigenvalue weighted by atomic mass is 10.1. The van der Waals surface area contributed by atoms with E-state index in [-0.39, 0.29) is 0 Å². The molecule has 0 aliphatic rings. The number of nitrogens with zero attached hydrogens (tertiary/aromatic N) is 3. The zero-order valence-electron chi connectivity index (χ0n) is 19.1. The minimum Gasteiger partial charge on any atom is -0.497 e. The van der Waals surface area contributed by atoms with E-state index in [1.54, 1.807) is 13.2 Å². The third kappa shape index (κ3) is 4.22. The standard InChI is InChI=1S/C27H23N3O3S/c1-17-9-10-21(13-18(17)2)30-26(19-7-5-4-6-8-19)28-29-27(30)34-16-20-14-25(31)33-24-15-22(32-3)11-12-23(20)24/h4-15H,16H2,1-3H3. The van der Waals surface area contributed by atoms with Crippen LogP contribution in [0.15, 0.2) is 87.2 Å². The van der Waals surface area contributed by atoms with Gasteiger partial charge in [-0.3, -0.25) is 4.57 Å². The molecular formula is C27H23N3O3S. The average molecular weight is 470 g/mol. The number of benzene rings is 3. The molecule has 5 rings (SSSR count). The Kier molecular flexibility index (Phi) is 5.94. The van der Waals surface area contributed by atoms with Crippen molar-refractivity contribution < 1.29 is 9.15 Å². The highest BCUT2D eigenvalue weighted by Gasteiger charge is 2.17.